The van der Waals surface area contributed by atoms with Gasteiger partial charge in [-0.15, -0.1) is 0 Å². The van der Waals surface area contributed by atoms with Crippen LogP contribution in [0.25, 0.3) is 0 Å². The van der Waals surface area contributed by atoms with Gasteiger partial charge >= 0.3 is 0 Å². The highest BCUT2D eigenvalue weighted by Gasteiger charge is 2.05. The highest BCUT2D eigenvalue weighted by atomic mass is 79.9. The minimum atomic E-state index is 0.671. The van der Waals surface area contributed by atoms with Crippen LogP contribution >= 0.6 is 15.9 Å². The van der Waals surface area contributed by atoms with Gasteiger partial charge in [-0.25, -0.2) is 19.9 Å². The van der Waals surface area contributed by atoms with E-state index in [2.05, 4.69) is 40.8 Å². The predicted octanol–water partition coefficient (Wildman–Crippen LogP) is 1.97. The summed E-state index contributed by atoms with van der Waals surface area (Å²) < 4.78 is 0.885. The van der Waals surface area contributed by atoms with Gasteiger partial charge in [-0.2, -0.15) is 0 Å². The molecule has 0 unspecified atom stereocenters. The molecule has 2 aromatic rings. The lowest BCUT2D eigenvalue weighted by molar-refractivity contribution is 0.302. The Morgan fingerprint density at radius 2 is 1.78 bits per heavy atom. The van der Waals surface area contributed by atoms with Gasteiger partial charge in [0.05, 0.1) is 17.6 Å². The second-order valence-corrected chi connectivity index (χ2v) is 5.02. The highest BCUT2D eigenvalue weighted by Crippen LogP contribution is 2.06. The summed E-state index contributed by atoms with van der Waals surface area (Å²) in [5.74, 6) is 1.60. The first-order valence-electron chi connectivity index (χ1n) is 5.57. The molecule has 0 saturated carbocycles. The van der Waals surface area contributed by atoms with E-state index in [4.69, 9.17) is 0 Å². The first kappa shape index (κ1) is 13.0. The van der Waals surface area contributed by atoms with E-state index in [0.717, 1.165) is 21.8 Å². The number of halogens is 1. The van der Waals surface area contributed by atoms with Gasteiger partial charge in [0, 0.05) is 24.3 Å². The molecule has 0 N–H and O–H groups in total. The fourth-order valence-corrected chi connectivity index (χ4v) is 1.74. The van der Waals surface area contributed by atoms with Crippen LogP contribution in [-0.4, -0.2) is 31.9 Å². The fraction of sp³-hybridized carbons (Fsp3) is 0.333. The van der Waals surface area contributed by atoms with Gasteiger partial charge < -0.3 is 0 Å². The maximum absolute atomic E-state index is 4.37. The lowest BCUT2D eigenvalue weighted by Gasteiger charge is -2.14. The first-order valence-corrected chi connectivity index (χ1v) is 6.36. The van der Waals surface area contributed by atoms with E-state index < -0.39 is 0 Å². The second kappa shape index (κ2) is 5.97. The van der Waals surface area contributed by atoms with E-state index >= 15 is 0 Å². The van der Waals surface area contributed by atoms with E-state index in [9.17, 15) is 0 Å². The zero-order chi connectivity index (χ0) is 13.0. The maximum Gasteiger partial charge on any atom is 0.142 e. The minimum Gasteiger partial charge on any atom is -0.292 e. The minimum absolute atomic E-state index is 0.671. The number of aryl methyl sites for hydroxylation is 1. The monoisotopic (exact) mass is 307 g/mol. The third kappa shape index (κ3) is 3.82. The van der Waals surface area contributed by atoms with Crippen LogP contribution in [0.3, 0.4) is 0 Å². The van der Waals surface area contributed by atoms with E-state index in [1.165, 1.54) is 0 Å². The Morgan fingerprint density at radius 3 is 2.44 bits per heavy atom. The molecule has 0 radical (unpaired) electrons. The first-order chi connectivity index (χ1) is 8.63. The summed E-state index contributed by atoms with van der Waals surface area (Å²) in [6.07, 6.45) is 5.28. The van der Waals surface area contributed by atoms with Crippen LogP contribution in [0.4, 0.5) is 0 Å². The Bertz CT molecular complexity index is 514. The van der Waals surface area contributed by atoms with E-state index in [-0.39, 0.29) is 0 Å². The summed E-state index contributed by atoms with van der Waals surface area (Å²) in [6.45, 7) is 3.31. The lowest BCUT2D eigenvalue weighted by Crippen LogP contribution is -2.20. The van der Waals surface area contributed by atoms with Gasteiger partial charge in [0.25, 0.3) is 0 Å². The van der Waals surface area contributed by atoms with E-state index in [1.807, 2.05) is 20.0 Å². The largest absolute Gasteiger partial charge is 0.292 e. The molecule has 0 aliphatic carbocycles. The molecule has 0 atom stereocenters. The van der Waals surface area contributed by atoms with E-state index in [0.29, 0.717) is 13.1 Å². The van der Waals surface area contributed by atoms with Crippen molar-refractivity contribution < 1.29 is 0 Å². The summed E-state index contributed by atoms with van der Waals surface area (Å²) >= 11 is 3.31. The SMILES string of the molecule is Cc1ccnc(CN(C)Cc2ncc(Br)cn2)n1. The van der Waals surface area contributed by atoms with Crippen LogP contribution in [-0.2, 0) is 13.1 Å². The van der Waals surface area contributed by atoms with Crippen LogP contribution in [0.15, 0.2) is 29.1 Å². The third-order valence-corrected chi connectivity index (χ3v) is 2.75. The Hall–Kier alpha value is -1.40. The fourth-order valence-electron chi connectivity index (χ4n) is 1.54. The van der Waals surface area contributed by atoms with Crippen molar-refractivity contribution in [2.24, 2.45) is 0 Å². The molecule has 0 spiro atoms. The Balaban J connectivity index is 1.96. The van der Waals surface area contributed by atoms with Gasteiger partial charge in [-0.3, -0.25) is 4.90 Å². The van der Waals surface area contributed by atoms with Crippen LogP contribution in [0.1, 0.15) is 17.3 Å². The van der Waals surface area contributed by atoms with Gasteiger partial charge in [0.15, 0.2) is 0 Å². The van der Waals surface area contributed by atoms with Crippen molar-refractivity contribution in [2.45, 2.75) is 20.0 Å². The Labute approximate surface area is 114 Å². The standard InChI is InChI=1S/C12H14BrN5/c1-9-3-4-14-12(17-9)8-18(2)7-11-15-5-10(13)6-16-11/h3-6H,7-8H2,1-2H3. The van der Waals surface area contributed by atoms with Crippen molar-refractivity contribution in [1.82, 2.24) is 24.8 Å². The van der Waals surface area contributed by atoms with Crippen LogP contribution in [0.5, 0.6) is 0 Å². The molecule has 2 heterocycles. The van der Waals surface area contributed by atoms with Crippen LogP contribution in [0, 0.1) is 6.92 Å². The van der Waals surface area contributed by atoms with Crippen molar-refractivity contribution in [3.8, 4) is 0 Å². The van der Waals surface area contributed by atoms with Gasteiger partial charge in [-0.1, -0.05) is 0 Å². The molecule has 0 aromatic carbocycles. The molecule has 0 aliphatic rings. The topological polar surface area (TPSA) is 54.8 Å². The predicted molar refractivity (Wildman–Crippen MR) is 71.7 cm³/mol. The lowest BCUT2D eigenvalue weighted by atomic mass is 10.4. The molecular weight excluding hydrogens is 294 g/mol. The molecule has 2 aromatic heterocycles. The zero-order valence-corrected chi connectivity index (χ0v) is 11.9. The molecule has 5 nitrogen and oxygen atoms in total. The molecule has 0 fully saturated rings. The van der Waals surface area contributed by atoms with Crippen molar-refractivity contribution in [3.05, 3.63) is 46.5 Å². The molecule has 0 saturated heterocycles. The van der Waals surface area contributed by atoms with Gasteiger partial charge in [-0.05, 0) is 36.0 Å². The molecule has 94 valence electrons. The van der Waals surface area contributed by atoms with Crippen LogP contribution in [0.2, 0.25) is 0 Å². The quantitative estimate of drug-likeness (QED) is 0.864. The van der Waals surface area contributed by atoms with Crippen molar-refractivity contribution in [2.75, 3.05) is 7.05 Å². The summed E-state index contributed by atoms with van der Waals surface area (Å²) in [5.41, 5.74) is 0.980. The third-order valence-electron chi connectivity index (χ3n) is 2.34. The molecule has 0 amide bonds. The molecular formula is C12H14BrN5. The van der Waals surface area contributed by atoms with Gasteiger partial charge in [0.2, 0.25) is 0 Å². The van der Waals surface area contributed by atoms with Crippen molar-refractivity contribution in [1.29, 1.82) is 0 Å². The average molecular weight is 308 g/mol. The zero-order valence-electron chi connectivity index (χ0n) is 10.3. The number of aromatic nitrogens is 4. The number of rotatable bonds is 4. The Morgan fingerprint density at radius 1 is 1.11 bits per heavy atom. The summed E-state index contributed by atoms with van der Waals surface area (Å²) in [4.78, 5) is 19.2. The van der Waals surface area contributed by atoms with Crippen LogP contribution < -0.4 is 0 Å². The molecule has 0 aliphatic heterocycles. The highest BCUT2D eigenvalue weighted by molar-refractivity contribution is 9.10. The summed E-state index contributed by atoms with van der Waals surface area (Å²) in [5, 5.41) is 0. The summed E-state index contributed by atoms with van der Waals surface area (Å²) in [6, 6.07) is 1.89. The molecule has 0 bridgehead atoms. The number of hydrogen-bond acceptors (Lipinski definition) is 5. The summed E-state index contributed by atoms with van der Waals surface area (Å²) in [7, 11) is 2.00. The Kier molecular flexibility index (Phi) is 4.33. The number of hydrogen-bond donors (Lipinski definition) is 0. The number of nitrogens with zero attached hydrogens (tertiary/aromatic N) is 5. The van der Waals surface area contributed by atoms with Gasteiger partial charge in [0.1, 0.15) is 11.6 Å². The normalized spacial score (nSPS) is 10.9. The van der Waals surface area contributed by atoms with Crippen molar-refractivity contribution >= 4 is 15.9 Å². The van der Waals surface area contributed by atoms with Crippen molar-refractivity contribution in [3.63, 3.8) is 0 Å². The maximum atomic E-state index is 4.37. The molecule has 18 heavy (non-hydrogen) atoms. The van der Waals surface area contributed by atoms with E-state index in [1.54, 1.807) is 18.6 Å². The average Bonchev–Trinajstić information content (AvgIpc) is 2.32. The smallest absolute Gasteiger partial charge is 0.142 e. The second-order valence-electron chi connectivity index (χ2n) is 4.10. The molecule has 6 heteroatoms. The molecule has 2 rings (SSSR count).